The molecule has 102 valence electrons. The number of rotatable bonds is 4. The van der Waals surface area contributed by atoms with Crippen molar-refractivity contribution in [2.75, 3.05) is 0 Å². The number of hydrogen-bond donors (Lipinski definition) is 1. The van der Waals surface area contributed by atoms with E-state index in [1.807, 2.05) is 29.8 Å². The van der Waals surface area contributed by atoms with E-state index >= 15 is 0 Å². The molecule has 0 amide bonds. The maximum absolute atomic E-state index is 10.7. The Hall–Kier alpha value is -0.650. The van der Waals surface area contributed by atoms with Crippen molar-refractivity contribution in [3.8, 4) is 0 Å². The molecule has 1 atom stereocenters. The predicted octanol–water partition coefficient (Wildman–Crippen LogP) is 4.21. The standard InChI is InChI=1S/C14H16Br2N2O/c1-3-6-18-13(12(16)8-17-18)14(19)10-7-9(2)4-5-11(10)15/h4-5,7-8,14,19H,3,6H2,1-2H3. The normalized spacial score (nSPS) is 12.7. The highest BCUT2D eigenvalue weighted by atomic mass is 79.9. The Morgan fingerprint density at radius 2 is 2.05 bits per heavy atom. The lowest BCUT2D eigenvalue weighted by molar-refractivity contribution is 0.205. The van der Waals surface area contributed by atoms with Crippen LogP contribution in [0.4, 0.5) is 0 Å². The molecule has 1 aromatic heterocycles. The molecule has 0 fully saturated rings. The molecule has 0 aliphatic carbocycles. The average molecular weight is 388 g/mol. The van der Waals surface area contributed by atoms with E-state index in [1.165, 1.54) is 0 Å². The van der Waals surface area contributed by atoms with Crippen molar-refractivity contribution in [3.05, 3.63) is 50.2 Å². The first-order valence-electron chi connectivity index (χ1n) is 6.20. The van der Waals surface area contributed by atoms with Gasteiger partial charge in [-0.1, -0.05) is 40.5 Å². The number of aromatic nitrogens is 2. The van der Waals surface area contributed by atoms with Crippen LogP contribution in [-0.2, 0) is 6.54 Å². The Balaban J connectivity index is 2.46. The summed E-state index contributed by atoms with van der Waals surface area (Å²) in [6, 6.07) is 5.96. The maximum atomic E-state index is 10.7. The third kappa shape index (κ3) is 3.09. The fourth-order valence-electron chi connectivity index (χ4n) is 2.05. The van der Waals surface area contributed by atoms with E-state index in [0.717, 1.165) is 38.7 Å². The SMILES string of the molecule is CCCn1ncc(Br)c1C(O)c1cc(C)ccc1Br. The molecule has 3 nitrogen and oxygen atoms in total. The van der Waals surface area contributed by atoms with Crippen molar-refractivity contribution < 1.29 is 5.11 Å². The van der Waals surface area contributed by atoms with Gasteiger partial charge in [0.2, 0.25) is 0 Å². The molecule has 1 heterocycles. The molecule has 5 heteroatoms. The zero-order chi connectivity index (χ0) is 14.0. The van der Waals surface area contributed by atoms with Crippen LogP contribution >= 0.6 is 31.9 Å². The molecule has 0 saturated carbocycles. The van der Waals surface area contributed by atoms with Crippen molar-refractivity contribution in [1.29, 1.82) is 0 Å². The summed E-state index contributed by atoms with van der Waals surface area (Å²) < 4.78 is 3.59. The van der Waals surface area contributed by atoms with Crippen LogP contribution in [0.15, 0.2) is 33.3 Å². The first kappa shape index (κ1) is 14.8. The van der Waals surface area contributed by atoms with Gasteiger partial charge in [0.05, 0.1) is 16.4 Å². The Morgan fingerprint density at radius 3 is 2.74 bits per heavy atom. The highest BCUT2D eigenvalue weighted by Crippen LogP contribution is 2.33. The zero-order valence-corrected chi connectivity index (χ0v) is 14.1. The summed E-state index contributed by atoms with van der Waals surface area (Å²) in [6.07, 6.45) is 2.01. The van der Waals surface area contributed by atoms with Crippen LogP contribution in [0.2, 0.25) is 0 Å². The van der Waals surface area contributed by atoms with Crippen LogP contribution < -0.4 is 0 Å². The van der Waals surface area contributed by atoms with Gasteiger partial charge in [0.15, 0.2) is 0 Å². The molecular weight excluding hydrogens is 372 g/mol. The van der Waals surface area contributed by atoms with E-state index in [4.69, 9.17) is 0 Å². The van der Waals surface area contributed by atoms with Crippen LogP contribution in [-0.4, -0.2) is 14.9 Å². The smallest absolute Gasteiger partial charge is 0.123 e. The minimum atomic E-state index is -0.697. The second kappa shape index (κ2) is 6.20. The fourth-order valence-corrected chi connectivity index (χ4v) is 3.03. The summed E-state index contributed by atoms with van der Waals surface area (Å²) in [5.41, 5.74) is 2.78. The summed E-state index contributed by atoms with van der Waals surface area (Å²) in [5.74, 6) is 0. The quantitative estimate of drug-likeness (QED) is 0.853. The fraction of sp³-hybridized carbons (Fsp3) is 0.357. The number of hydrogen-bond acceptors (Lipinski definition) is 2. The lowest BCUT2D eigenvalue weighted by atomic mass is 10.0. The van der Waals surface area contributed by atoms with Crippen LogP contribution in [0.1, 0.15) is 36.3 Å². The van der Waals surface area contributed by atoms with Crippen LogP contribution in [0.5, 0.6) is 0 Å². The van der Waals surface area contributed by atoms with E-state index in [9.17, 15) is 5.11 Å². The van der Waals surface area contributed by atoms with Gasteiger partial charge in [0, 0.05) is 16.6 Å². The van der Waals surface area contributed by atoms with Crippen LogP contribution in [0.25, 0.3) is 0 Å². The number of aliphatic hydroxyl groups is 1. The van der Waals surface area contributed by atoms with Gasteiger partial charge >= 0.3 is 0 Å². The second-order valence-corrected chi connectivity index (χ2v) is 6.24. The van der Waals surface area contributed by atoms with Gasteiger partial charge < -0.3 is 5.11 Å². The van der Waals surface area contributed by atoms with Crippen LogP contribution in [0.3, 0.4) is 0 Å². The van der Waals surface area contributed by atoms with E-state index in [0.29, 0.717) is 0 Å². The lowest BCUT2D eigenvalue weighted by Crippen LogP contribution is -2.11. The minimum absolute atomic E-state index is 0.697. The number of halogens is 2. The second-order valence-electron chi connectivity index (χ2n) is 4.53. The Morgan fingerprint density at radius 1 is 1.32 bits per heavy atom. The third-order valence-electron chi connectivity index (χ3n) is 2.97. The molecular formula is C14H16Br2N2O. The number of nitrogens with zero attached hydrogens (tertiary/aromatic N) is 2. The lowest BCUT2D eigenvalue weighted by Gasteiger charge is -2.16. The van der Waals surface area contributed by atoms with Gasteiger partial charge in [0.25, 0.3) is 0 Å². The molecule has 0 aliphatic rings. The van der Waals surface area contributed by atoms with Gasteiger partial charge in [-0.3, -0.25) is 4.68 Å². The third-order valence-corrected chi connectivity index (χ3v) is 4.31. The Bertz CT molecular complexity index is 581. The largest absolute Gasteiger partial charge is 0.382 e. The first-order valence-corrected chi connectivity index (χ1v) is 7.78. The Kier molecular flexibility index (Phi) is 4.81. The highest BCUT2D eigenvalue weighted by Gasteiger charge is 2.21. The van der Waals surface area contributed by atoms with E-state index in [-0.39, 0.29) is 0 Å². The van der Waals surface area contributed by atoms with Gasteiger partial charge in [0.1, 0.15) is 6.10 Å². The molecule has 0 aliphatic heterocycles. The summed E-state index contributed by atoms with van der Waals surface area (Å²) in [7, 11) is 0. The first-order chi connectivity index (χ1) is 9.04. The van der Waals surface area contributed by atoms with Crippen molar-refractivity contribution in [3.63, 3.8) is 0 Å². The number of benzene rings is 1. The van der Waals surface area contributed by atoms with Crippen molar-refractivity contribution >= 4 is 31.9 Å². The molecule has 19 heavy (non-hydrogen) atoms. The number of aryl methyl sites for hydroxylation is 2. The summed E-state index contributed by atoms with van der Waals surface area (Å²) >= 11 is 6.97. The van der Waals surface area contributed by atoms with E-state index in [1.54, 1.807) is 6.20 Å². The molecule has 0 bridgehead atoms. The Labute approximate surface area is 129 Å². The van der Waals surface area contributed by atoms with Gasteiger partial charge in [-0.2, -0.15) is 5.10 Å². The van der Waals surface area contributed by atoms with Crippen LogP contribution in [0, 0.1) is 6.92 Å². The molecule has 0 spiro atoms. The maximum Gasteiger partial charge on any atom is 0.123 e. The van der Waals surface area contributed by atoms with Crippen molar-refractivity contribution in [2.24, 2.45) is 0 Å². The summed E-state index contributed by atoms with van der Waals surface area (Å²) in [4.78, 5) is 0. The molecule has 0 radical (unpaired) electrons. The predicted molar refractivity (Wildman–Crippen MR) is 83.2 cm³/mol. The number of aliphatic hydroxyl groups excluding tert-OH is 1. The molecule has 2 rings (SSSR count). The monoisotopic (exact) mass is 386 g/mol. The summed E-state index contributed by atoms with van der Waals surface area (Å²) in [6.45, 7) is 4.90. The van der Waals surface area contributed by atoms with Crippen molar-refractivity contribution in [2.45, 2.75) is 32.9 Å². The van der Waals surface area contributed by atoms with Gasteiger partial charge in [-0.05, 0) is 35.3 Å². The van der Waals surface area contributed by atoms with E-state index in [2.05, 4.69) is 43.9 Å². The zero-order valence-electron chi connectivity index (χ0n) is 10.9. The van der Waals surface area contributed by atoms with E-state index < -0.39 is 6.10 Å². The van der Waals surface area contributed by atoms with Gasteiger partial charge in [-0.25, -0.2) is 0 Å². The molecule has 1 aromatic carbocycles. The molecule has 2 aromatic rings. The van der Waals surface area contributed by atoms with Gasteiger partial charge in [-0.15, -0.1) is 0 Å². The average Bonchev–Trinajstić information content (AvgIpc) is 2.73. The van der Waals surface area contributed by atoms with Crippen molar-refractivity contribution in [1.82, 2.24) is 9.78 Å². The topological polar surface area (TPSA) is 38.0 Å². The summed E-state index contributed by atoms with van der Waals surface area (Å²) in [5, 5.41) is 15.0. The molecule has 0 saturated heterocycles. The molecule has 1 N–H and O–H groups in total. The molecule has 1 unspecified atom stereocenters. The minimum Gasteiger partial charge on any atom is -0.382 e. The highest BCUT2D eigenvalue weighted by molar-refractivity contribution is 9.10.